The molecule has 0 saturated heterocycles. The Morgan fingerprint density at radius 1 is 1.38 bits per heavy atom. The van der Waals surface area contributed by atoms with Gasteiger partial charge < -0.3 is 10.6 Å². The summed E-state index contributed by atoms with van der Waals surface area (Å²) in [6, 6.07) is 3.66. The van der Waals surface area contributed by atoms with Crippen LogP contribution in [0.4, 0.5) is 14.9 Å². The van der Waals surface area contributed by atoms with Crippen LogP contribution in [-0.2, 0) is 0 Å². The summed E-state index contributed by atoms with van der Waals surface area (Å²) in [6.45, 7) is 5.60. The monoisotopic (exact) mass is 244 g/mol. The zero-order valence-corrected chi connectivity index (χ0v) is 10.2. The molecular formula is C11H14ClFN2O. The molecule has 0 aliphatic carbocycles. The third kappa shape index (κ3) is 4.06. The minimum absolute atomic E-state index is 0.0199. The summed E-state index contributed by atoms with van der Waals surface area (Å²) in [4.78, 5) is 11.5. The van der Waals surface area contributed by atoms with E-state index in [1.807, 2.05) is 20.8 Å². The average molecular weight is 245 g/mol. The first-order valence-electron chi connectivity index (χ1n) is 4.82. The second-order valence-corrected chi connectivity index (χ2v) is 4.87. The normalized spacial score (nSPS) is 11.1. The number of urea groups is 1. The van der Waals surface area contributed by atoms with Gasteiger partial charge in [0.05, 0.1) is 5.02 Å². The molecule has 0 aliphatic rings. The molecule has 0 heterocycles. The largest absolute Gasteiger partial charge is 0.333 e. The van der Waals surface area contributed by atoms with Crippen LogP contribution in [0.3, 0.4) is 0 Å². The number of amides is 2. The minimum Gasteiger partial charge on any atom is -0.333 e. The van der Waals surface area contributed by atoms with Gasteiger partial charge in [-0.05, 0) is 39.0 Å². The third-order valence-electron chi connectivity index (χ3n) is 1.67. The Labute approximate surface area is 99.0 Å². The van der Waals surface area contributed by atoms with Crippen molar-refractivity contribution in [2.75, 3.05) is 5.32 Å². The van der Waals surface area contributed by atoms with E-state index in [1.54, 1.807) is 0 Å². The van der Waals surface area contributed by atoms with Gasteiger partial charge in [0.1, 0.15) is 5.82 Å². The molecule has 0 aromatic heterocycles. The van der Waals surface area contributed by atoms with Crippen molar-refractivity contribution in [1.82, 2.24) is 5.32 Å². The van der Waals surface area contributed by atoms with Crippen LogP contribution in [0, 0.1) is 5.82 Å². The van der Waals surface area contributed by atoms with Gasteiger partial charge in [-0.1, -0.05) is 11.6 Å². The smallest absolute Gasteiger partial charge is 0.319 e. The predicted molar refractivity (Wildman–Crippen MR) is 63.3 cm³/mol. The first kappa shape index (κ1) is 12.8. The Hall–Kier alpha value is -1.29. The van der Waals surface area contributed by atoms with Gasteiger partial charge in [0.2, 0.25) is 0 Å². The molecule has 1 aromatic carbocycles. The quantitative estimate of drug-likeness (QED) is 0.781. The molecule has 0 saturated carbocycles. The Morgan fingerprint density at radius 2 is 2.00 bits per heavy atom. The fourth-order valence-corrected chi connectivity index (χ4v) is 1.26. The highest BCUT2D eigenvalue weighted by atomic mass is 35.5. The highest BCUT2D eigenvalue weighted by Gasteiger charge is 2.13. The SMILES string of the molecule is CC(C)(C)NC(=O)Nc1ccc(F)c(Cl)c1. The second kappa shape index (κ2) is 4.70. The summed E-state index contributed by atoms with van der Waals surface area (Å²) in [5, 5.41) is 5.26. The Balaban J connectivity index is 2.67. The number of halogens is 2. The number of carbonyl (C=O) groups excluding carboxylic acids is 1. The molecule has 0 bridgehead atoms. The van der Waals surface area contributed by atoms with Crippen LogP contribution in [-0.4, -0.2) is 11.6 Å². The lowest BCUT2D eigenvalue weighted by Gasteiger charge is -2.20. The van der Waals surface area contributed by atoms with Crippen LogP contribution < -0.4 is 10.6 Å². The van der Waals surface area contributed by atoms with E-state index >= 15 is 0 Å². The molecule has 1 aromatic rings. The first-order chi connectivity index (χ1) is 7.28. The van der Waals surface area contributed by atoms with Crippen LogP contribution in [0.15, 0.2) is 18.2 Å². The lowest BCUT2D eigenvalue weighted by atomic mass is 10.1. The second-order valence-electron chi connectivity index (χ2n) is 4.46. The van der Waals surface area contributed by atoms with E-state index in [0.29, 0.717) is 5.69 Å². The van der Waals surface area contributed by atoms with E-state index in [9.17, 15) is 9.18 Å². The van der Waals surface area contributed by atoms with Crippen molar-refractivity contribution in [3.8, 4) is 0 Å². The molecular weight excluding hydrogens is 231 g/mol. The fourth-order valence-electron chi connectivity index (χ4n) is 1.08. The van der Waals surface area contributed by atoms with Gasteiger partial charge in [0.25, 0.3) is 0 Å². The maximum atomic E-state index is 12.8. The number of carbonyl (C=O) groups is 1. The maximum absolute atomic E-state index is 12.8. The predicted octanol–water partition coefficient (Wildman–Crippen LogP) is 3.40. The number of benzene rings is 1. The summed E-state index contributed by atoms with van der Waals surface area (Å²) < 4.78 is 12.8. The van der Waals surface area contributed by atoms with Crippen molar-refractivity contribution in [3.63, 3.8) is 0 Å². The Kier molecular flexibility index (Phi) is 3.75. The maximum Gasteiger partial charge on any atom is 0.319 e. The lowest BCUT2D eigenvalue weighted by Crippen LogP contribution is -2.43. The average Bonchev–Trinajstić information content (AvgIpc) is 2.08. The van der Waals surface area contributed by atoms with Gasteiger partial charge in [-0.25, -0.2) is 9.18 Å². The Bertz CT molecular complexity index is 401. The first-order valence-corrected chi connectivity index (χ1v) is 5.20. The zero-order valence-electron chi connectivity index (χ0n) is 9.40. The molecule has 1 rings (SSSR count). The highest BCUT2D eigenvalue weighted by Crippen LogP contribution is 2.19. The minimum atomic E-state index is -0.511. The molecule has 3 nitrogen and oxygen atoms in total. The van der Waals surface area contributed by atoms with Crippen molar-refractivity contribution >= 4 is 23.3 Å². The summed E-state index contributed by atoms with van der Waals surface area (Å²) in [5.41, 5.74) is 0.127. The summed E-state index contributed by atoms with van der Waals surface area (Å²) >= 11 is 5.58. The zero-order chi connectivity index (χ0) is 12.3. The van der Waals surface area contributed by atoms with E-state index < -0.39 is 5.82 Å². The van der Waals surface area contributed by atoms with Crippen molar-refractivity contribution in [3.05, 3.63) is 29.0 Å². The van der Waals surface area contributed by atoms with Crippen molar-refractivity contribution in [1.29, 1.82) is 0 Å². The molecule has 2 N–H and O–H groups in total. The summed E-state index contributed by atoms with van der Waals surface area (Å²) in [7, 11) is 0. The molecule has 5 heteroatoms. The molecule has 0 fully saturated rings. The number of nitrogens with one attached hydrogen (secondary N) is 2. The molecule has 2 amide bonds. The third-order valence-corrected chi connectivity index (χ3v) is 1.96. The molecule has 88 valence electrons. The number of rotatable bonds is 1. The van der Waals surface area contributed by atoms with E-state index in [-0.39, 0.29) is 16.6 Å². The summed E-state index contributed by atoms with van der Waals surface area (Å²) in [6.07, 6.45) is 0. The van der Waals surface area contributed by atoms with Crippen LogP contribution in [0.25, 0.3) is 0 Å². The van der Waals surface area contributed by atoms with Gasteiger partial charge >= 0.3 is 6.03 Å². The molecule has 0 aliphatic heterocycles. The van der Waals surface area contributed by atoms with E-state index in [0.717, 1.165) is 0 Å². The van der Waals surface area contributed by atoms with Crippen LogP contribution in [0.2, 0.25) is 5.02 Å². The van der Waals surface area contributed by atoms with Crippen LogP contribution in [0.1, 0.15) is 20.8 Å². The molecule has 0 unspecified atom stereocenters. The van der Waals surface area contributed by atoms with E-state index in [1.165, 1.54) is 18.2 Å². The highest BCUT2D eigenvalue weighted by molar-refractivity contribution is 6.31. The van der Waals surface area contributed by atoms with Crippen molar-refractivity contribution in [2.24, 2.45) is 0 Å². The number of anilines is 1. The van der Waals surface area contributed by atoms with Crippen molar-refractivity contribution in [2.45, 2.75) is 26.3 Å². The fraction of sp³-hybridized carbons (Fsp3) is 0.364. The number of hydrogen-bond donors (Lipinski definition) is 2. The van der Waals surface area contributed by atoms with Gasteiger partial charge in [-0.2, -0.15) is 0 Å². The van der Waals surface area contributed by atoms with Crippen molar-refractivity contribution < 1.29 is 9.18 Å². The summed E-state index contributed by atoms with van der Waals surface area (Å²) in [5.74, 6) is -0.511. The Morgan fingerprint density at radius 3 is 2.50 bits per heavy atom. The molecule has 0 spiro atoms. The lowest BCUT2D eigenvalue weighted by molar-refractivity contribution is 0.244. The van der Waals surface area contributed by atoms with Crippen LogP contribution >= 0.6 is 11.6 Å². The van der Waals surface area contributed by atoms with Gasteiger partial charge in [0.15, 0.2) is 0 Å². The topological polar surface area (TPSA) is 41.1 Å². The molecule has 0 atom stereocenters. The van der Waals surface area contributed by atoms with Gasteiger partial charge in [-0.3, -0.25) is 0 Å². The van der Waals surface area contributed by atoms with Crippen LogP contribution in [0.5, 0.6) is 0 Å². The standard InChI is InChI=1S/C11H14ClFN2O/c1-11(2,3)15-10(16)14-7-4-5-9(13)8(12)6-7/h4-6H,1-3H3,(H2,14,15,16). The van der Waals surface area contributed by atoms with E-state index in [2.05, 4.69) is 10.6 Å². The molecule has 0 radical (unpaired) electrons. The molecule has 16 heavy (non-hydrogen) atoms. The van der Waals surface area contributed by atoms with Gasteiger partial charge in [0, 0.05) is 11.2 Å². The van der Waals surface area contributed by atoms with Gasteiger partial charge in [-0.15, -0.1) is 0 Å². The number of hydrogen-bond acceptors (Lipinski definition) is 1. The van der Waals surface area contributed by atoms with E-state index in [4.69, 9.17) is 11.6 Å².